The molecule has 0 saturated carbocycles. The van der Waals surface area contributed by atoms with Crippen LogP contribution in [0.1, 0.15) is 32.6 Å². The lowest BCUT2D eigenvalue weighted by atomic mass is 9.87. The number of benzene rings is 1. The molecule has 6 rings (SSSR count). The molecule has 1 spiro atoms. The van der Waals surface area contributed by atoms with Gasteiger partial charge in [-0.15, -0.1) is 22.7 Å². The number of nitrogens with one attached hydrogen (secondary N) is 1. The van der Waals surface area contributed by atoms with E-state index in [1.165, 1.54) is 56.2 Å². The molecule has 1 N–H and O–H groups in total. The third-order valence-corrected chi connectivity index (χ3v) is 8.22. The van der Waals surface area contributed by atoms with E-state index in [9.17, 15) is 4.39 Å². The van der Waals surface area contributed by atoms with E-state index in [0.29, 0.717) is 11.2 Å². The lowest BCUT2D eigenvalue weighted by Gasteiger charge is -2.41. The number of ether oxygens (including phenoxy) is 1. The van der Waals surface area contributed by atoms with E-state index in [0.717, 1.165) is 39.3 Å². The lowest BCUT2D eigenvalue weighted by molar-refractivity contribution is -0.00595. The van der Waals surface area contributed by atoms with Gasteiger partial charge in [-0.2, -0.15) is 0 Å². The van der Waals surface area contributed by atoms with Crippen molar-refractivity contribution in [2.24, 2.45) is 0 Å². The highest BCUT2D eigenvalue weighted by Gasteiger charge is 2.40. The molecule has 2 saturated heterocycles. The van der Waals surface area contributed by atoms with Crippen LogP contribution in [0.4, 0.5) is 15.8 Å². The molecule has 0 unspecified atom stereocenters. The molecule has 0 amide bonds. The highest BCUT2D eigenvalue weighted by Crippen LogP contribution is 2.37. The Morgan fingerprint density at radius 3 is 2.84 bits per heavy atom. The summed E-state index contributed by atoms with van der Waals surface area (Å²) in [4.78, 5) is 12.1. The van der Waals surface area contributed by atoms with Crippen molar-refractivity contribution >= 4 is 54.5 Å². The minimum Gasteiger partial charge on any atom is -0.381 e. The molecule has 3 aromatic heterocycles. The Morgan fingerprint density at radius 2 is 2.00 bits per heavy atom. The molecule has 32 heavy (non-hydrogen) atoms. The Bertz CT molecular complexity index is 1200. The van der Waals surface area contributed by atoms with Gasteiger partial charge in [0.25, 0.3) is 0 Å². The van der Waals surface area contributed by atoms with E-state index >= 15 is 0 Å². The van der Waals surface area contributed by atoms with Gasteiger partial charge in [0.1, 0.15) is 10.6 Å². The fourth-order valence-corrected chi connectivity index (χ4v) is 6.35. The number of hydrogen-bond donors (Lipinski definition) is 1. The Balaban J connectivity index is 0.000000154. The number of aromatic nitrogens is 2. The highest BCUT2D eigenvalue weighted by molar-refractivity contribution is 7.17. The molecular formula is C24H27FN4OS2. The van der Waals surface area contributed by atoms with E-state index in [1.54, 1.807) is 29.1 Å². The molecule has 5 nitrogen and oxygen atoms in total. The second-order valence-corrected chi connectivity index (χ2v) is 10.1. The first-order valence-corrected chi connectivity index (χ1v) is 12.9. The summed E-state index contributed by atoms with van der Waals surface area (Å²) < 4.78 is 20.4. The van der Waals surface area contributed by atoms with Gasteiger partial charge in [-0.3, -0.25) is 4.90 Å². The van der Waals surface area contributed by atoms with Crippen molar-refractivity contribution in [2.75, 3.05) is 31.6 Å². The lowest BCUT2D eigenvalue weighted by Crippen LogP contribution is -2.47. The summed E-state index contributed by atoms with van der Waals surface area (Å²) in [7, 11) is 0. The molecule has 1 aromatic carbocycles. The third kappa shape index (κ3) is 4.24. The van der Waals surface area contributed by atoms with Crippen molar-refractivity contribution in [3.63, 3.8) is 0 Å². The van der Waals surface area contributed by atoms with E-state index < -0.39 is 0 Å². The number of thiophene rings is 1. The van der Waals surface area contributed by atoms with Crippen LogP contribution < -0.4 is 5.32 Å². The van der Waals surface area contributed by atoms with Crippen LogP contribution in [0.25, 0.3) is 20.4 Å². The van der Waals surface area contributed by atoms with Crippen LogP contribution in [0.15, 0.2) is 41.4 Å². The minimum atomic E-state index is -0.276. The second-order valence-electron chi connectivity index (χ2n) is 8.30. The summed E-state index contributed by atoms with van der Waals surface area (Å²) in [6.45, 7) is 6.78. The number of halogens is 1. The minimum absolute atomic E-state index is 0.276. The second kappa shape index (κ2) is 9.39. The quantitative estimate of drug-likeness (QED) is 0.373. The average molecular weight is 471 g/mol. The number of likely N-dealkylation sites (tertiary alicyclic amines) is 1. The summed E-state index contributed by atoms with van der Waals surface area (Å²) in [5.74, 6) is -0.276. The number of hydrogen-bond acceptors (Lipinski definition) is 7. The van der Waals surface area contributed by atoms with Gasteiger partial charge < -0.3 is 10.1 Å². The topological polar surface area (TPSA) is 50.3 Å². The SMILES string of the molecule is CCN1CCCC12CCOCC2.Fc1cc2scnc2cc1Nc1ccnc2sccc12. The van der Waals surface area contributed by atoms with Gasteiger partial charge in [0.05, 0.1) is 27.1 Å². The van der Waals surface area contributed by atoms with E-state index in [-0.39, 0.29) is 5.82 Å². The first-order chi connectivity index (χ1) is 15.7. The van der Waals surface area contributed by atoms with Crippen molar-refractivity contribution in [1.82, 2.24) is 14.9 Å². The maximum Gasteiger partial charge on any atom is 0.148 e. The van der Waals surface area contributed by atoms with Crippen LogP contribution in [-0.4, -0.2) is 46.7 Å². The summed E-state index contributed by atoms with van der Waals surface area (Å²) in [5, 5.41) is 6.11. The van der Waals surface area contributed by atoms with Crippen molar-refractivity contribution in [3.05, 3.63) is 47.2 Å². The van der Waals surface area contributed by atoms with Crippen LogP contribution in [-0.2, 0) is 4.74 Å². The number of anilines is 2. The molecule has 0 radical (unpaired) electrons. The average Bonchev–Trinajstić information content (AvgIpc) is 3.55. The molecule has 2 aliphatic rings. The van der Waals surface area contributed by atoms with Crippen molar-refractivity contribution in [3.8, 4) is 0 Å². The molecule has 8 heteroatoms. The van der Waals surface area contributed by atoms with Crippen molar-refractivity contribution < 1.29 is 9.13 Å². The first kappa shape index (κ1) is 21.7. The van der Waals surface area contributed by atoms with Gasteiger partial charge >= 0.3 is 0 Å². The smallest absolute Gasteiger partial charge is 0.148 e. The van der Waals surface area contributed by atoms with Gasteiger partial charge in [-0.25, -0.2) is 14.4 Å². The molecular weight excluding hydrogens is 443 g/mol. The molecule has 0 bridgehead atoms. The van der Waals surface area contributed by atoms with Crippen molar-refractivity contribution in [2.45, 2.75) is 38.1 Å². The Kier molecular flexibility index (Phi) is 6.37. The first-order valence-electron chi connectivity index (χ1n) is 11.1. The standard InChI is InChI=1S/C14H8FN3S2.C10H19NO/c15-9-5-13-12(17-7-20-13)6-11(9)18-10-1-3-16-14-8(10)2-4-19-14;1-2-11-7-3-4-10(11)5-8-12-9-6-10/h1-7H,(H,16,18);2-9H2,1H3. The van der Waals surface area contributed by atoms with Gasteiger partial charge in [-0.05, 0) is 68.4 Å². The third-order valence-electron chi connectivity index (χ3n) is 6.60. The maximum atomic E-state index is 14.1. The molecule has 168 valence electrons. The number of fused-ring (bicyclic) bond motifs is 2. The van der Waals surface area contributed by atoms with Crippen LogP contribution in [0.5, 0.6) is 0 Å². The fraction of sp³-hybridized carbons (Fsp3) is 0.417. The van der Waals surface area contributed by atoms with Crippen molar-refractivity contribution in [1.29, 1.82) is 0 Å². The van der Waals surface area contributed by atoms with Gasteiger partial charge in [0.2, 0.25) is 0 Å². The molecule has 4 aromatic rings. The highest BCUT2D eigenvalue weighted by atomic mass is 32.1. The Labute approximate surface area is 195 Å². The molecule has 0 atom stereocenters. The Morgan fingerprint density at radius 1 is 1.12 bits per heavy atom. The number of rotatable bonds is 3. The molecule has 5 heterocycles. The zero-order chi connectivity index (χ0) is 22.0. The van der Waals surface area contributed by atoms with E-state index in [1.807, 2.05) is 17.5 Å². The monoisotopic (exact) mass is 470 g/mol. The van der Waals surface area contributed by atoms with Crippen LogP contribution >= 0.6 is 22.7 Å². The van der Waals surface area contributed by atoms with Gasteiger partial charge in [0, 0.05) is 30.3 Å². The van der Waals surface area contributed by atoms with Gasteiger partial charge in [-0.1, -0.05) is 6.92 Å². The maximum absolute atomic E-state index is 14.1. The van der Waals surface area contributed by atoms with E-state index in [4.69, 9.17) is 4.74 Å². The van der Waals surface area contributed by atoms with Crippen LogP contribution in [0.3, 0.4) is 0 Å². The number of thiazole rings is 1. The summed E-state index contributed by atoms with van der Waals surface area (Å²) in [6.07, 6.45) is 7.06. The normalized spacial score (nSPS) is 18.2. The van der Waals surface area contributed by atoms with Crippen LogP contribution in [0, 0.1) is 5.82 Å². The predicted octanol–water partition coefficient (Wildman–Crippen LogP) is 6.44. The summed E-state index contributed by atoms with van der Waals surface area (Å²) in [6, 6.07) is 7.08. The number of nitrogens with zero attached hydrogens (tertiary/aromatic N) is 3. The van der Waals surface area contributed by atoms with Crippen LogP contribution in [0.2, 0.25) is 0 Å². The predicted molar refractivity (Wildman–Crippen MR) is 132 cm³/mol. The molecule has 2 aliphatic heterocycles. The van der Waals surface area contributed by atoms with Gasteiger partial charge in [0.15, 0.2) is 0 Å². The fourth-order valence-electron chi connectivity index (χ4n) is 4.91. The zero-order valence-electron chi connectivity index (χ0n) is 18.1. The summed E-state index contributed by atoms with van der Waals surface area (Å²) in [5.41, 5.74) is 4.35. The van der Waals surface area contributed by atoms with E-state index in [2.05, 4.69) is 27.1 Å². The Hall–Kier alpha value is -2.13. The molecule has 0 aliphatic carbocycles. The largest absolute Gasteiger partial charge is 0.381 e. The zero-order valence-corrected chi connectivity index (χ0v) is 19.8. The summed E-state index contributed by atoms with van der Waals surface area (Å²) >= 11 is 3.00. The molecule has 2 fully saturated rings. The number of pyridine rings is 1.